The van der Waals surface area contributed by atoms with Crippen molar-refractivity contribution in [3.8, 4) is 23.1 Å². The summed E-state index contributed by atoms with van der Waals surface area (Å²) in [4.78, 5) is 39.8. The molecule has 0 radical (unpaired) electrons. The Morgan fingerprint density at radius 2 is 1.51 bits per heavy atom. The lowest BCUT2D eigenvalue weighted by Gasteiger charge is -2.45. The topological polar surface area (TPSA) is 138 Å². The molecule has 13 heteroatoms. The van der Waals surface area contributed by atoms with Crippen molar-refractivity contribution in [3.63, 3.8) is 0 Å². The van der Waals surface area contributed by atoms with Crippen LogP contribution in [0.5, 0.6) is 17.4 Å². The standard InChI is InChI=1S/C40H39N5O7S/c1-50-32-20-12-28(13-21-32)40(27-8-4-3-5-9-27,29-14-22-33(51-2)23-15-29)43-34-26-53-35(38(34)42-39(43)47)10-6-7-11-37(46)52-36-24-25-41-44(36)30-16-18-31(19-17-30)45(48)49/h3-5,8-9,12-25,34-35,38H,6-7,10-11,26H2,1-2H3,(H,42,47)/t34-,35-,38-/m0/s1. The summed E-state index contributed by atoms with van der Waals surface area (Å²) in [5, 5.41) is 18.8. The van der Waals surface area contributed by atoms with Crippen molar-refractivity contribution in [2.45, 2.75) is 48.6 Å². The molecule has 53 heavy (non-hydrogen) atoms. The largest absolute Gasteiger partial charge is 0.497 e. The van der Waals surface area contributed by atoms with Gasteiger partial charge in [-0.15, -0.1) is 0 Å². The number of ether oxygens (including phenoxy) is 3. The highest BCUT2D eigenvalue weighted by molar-refractivity contribution is 8.00. The summed E-state index contributed by atoms with van der Waals surface area (Å²) in [7, 11) is 3.28. The number of unbranched alkanes of at least 4 members (excludes halogenated alkanes) is 1. The van der Waals surface area contributed by atoms with Gasteiger partial charge in [0.15, 0.2) is 0 Å². The molecule has 0 spiro atoms. The van der Waals surface area contributed by atoms with Crippen LogP contribution in [-0.2, 0) is 10.3 Å². The Kier molecular flexibility index (Phi) is 10.4. The number of nitrogens with one attached hydrogen (secondary N) is 1. The number of methoxy groups -OCH3 is 2. The molecule has 2 amide bonds. The number of urea groups is 1. The number of rotatable bonds is 14. The van der Waals surface area contributed by atoms with Crippen molar-refractivity contribution in [1.82, 2.24) is 20.0 Å². The molecule has 2 saturated heterocycles. The van der Waals surface area contributed by atoms with Crippen LogP contribution in [0.1, 0.15) is 42.4 Å². The molecule has 0 bridgehead atoms. The van der Waals surface area contributed by atoms with Crippen LogP contribution in [0.2, 0.25) is 0 Å². The summed E-state index contributed by atoms with van der Waals surface area (Å²) < 4.78 is 18.1. The summed E-state index contributed by atoms with van der Waals surface area (Å²) in [6.07, 6.45) is 3.92. The van der Waals surface area contributed by atoms with E-state index >= 15 is 0 Å². The first-order chi connectivity index (χ1) is 25.8. The highest BCUT2D eigenvalue weighted by Crippen LogP contribution is 2.49. The van der Waals surface area contributed by atoms with E-state index in [0.717, 1.165) is 46.8 Å². The van der Waals surface area contributed by atoms with Crippen LogP contribution >= 0.6 is 11.8 Å². The first-order valence-corrected chi connectivity index (χ1v) is 18.4. The highest BCUT2D eigenvalue weighted by Gasteiger charge is 2.57. The third-order valence-electron chi connectivity index (χ3n) is 9.96. The van der Waals surface area contributed by atoms with Crippen molar-refractivity contribution in [1.29, 1.82) is 0 Å². The number of thioether (sulfide) groups is 1. The van der Waals surface area contributed by atoms with E-state index in [1.807, 2.05) is 83.4 Å². The third kappa shape index (κ3) is 6.91. The predicted octanol–water partition coefficient (Wildman–Crippen LogP) is 7.13. The number of hydrogen-bond donors (Lipinski definition) is 1. The molecule has 272 valence electrons. The Morgan fingerprint density at radius 3 is 2.11 bits per heavy atom. The lowest BCUT2D eigenvalue weighted by Crippen LogP contribution is -2.53. The molecule has 7 rings (SSSR count). The predicted molar refractivity (Wildman–Crippen MR) is 201 cm³/mol. The van der Waals surface area contributed by atoms with E-state index in [-0.39, 0.29) is 41.4 Å². The number of hydrogen-bond acceptors (Lipinski definition) is 9. The van der Waals surface area contributed by atoms with Crippen LogP contribution in [-0.4, -0.2) is 68.9 Å². The van der Waals surface area contributed by atoms with Gasteiger partial charge in [0.1, 0.15) is 17.0 Å². The van der Waals surface area contributed by atoms with Gasteiger partial charge in [0.05, 0.1) is 43.1 Å². The monoisotopic (exact) mass is 733 g/mol. The number of non-ortho nitro benzene ring substituents is 1. The van der Waals surface area contributed by atoms with Gasteiger partial charge >= 0.3 is 12.0 Å². The van der Waals surface area contributed by atoms with Crippen LogP contribution in [0.3, 0.4) is 0 Å². The zero-order valence-corrected chi connectivity index (χ0v) is 30.1. The van der Waals surface area contributed by atoms with Gasteiger partial charge in [-0.3, -0.25) is 14.9 Å². The van der Waals surface area contributed by atoms with Gasteiger partial charge in [0, 0.05) is 35.6 Å². The van der Waals surface area contributed by atoms with Gasteiger partial charge in [-0.1, -0.05) is 61.0 Å². The number of nitro benzene ring substituents is 1. The Morgan fingerprint density at radius 1 is 0.887 bits per heavy atom. The number of nitro groups is 1. The fourth-order valence-electron chi connectivity index (χ4n) is 7.45. The number of carbonyl (C=O) groups excluding carboxylic acids is 2. The molecule has 2 fully saturated rings. The Labute approximate surface area is 311 Å². The third-order valence-corrected chi connectivity index (χ3v) is 11.4. The molecule has 2 aliphatic heterocycles. The van der Waals surface area contributed by atoms with Crippen molar-refractivity contribution < 1.29 is 28.7 Å². The number of nitrogens with zero attached hydrogens (tertiary/aromatic N) is 4. The van der Waals surface area contributed by atoms with Gasteiger partial charge in [-0.25, -0.2) is 9.48 Å². The van der Waals surface area contributed by atoms with Gasteiger partial charge < -0.3 is 24.4 Å². The molecule has 5 aromatic rings. The number of carbonyl (C=O) groups is 2. The first-order valence-electron chi connectivity index (χ1n) is 17.4. The summed E-state index contributed by atoms with van der Waals surface area (Å²) >= 11 is 1.85. The maximum absolute atomic E-state index is 14.4. The zero-order valence-electron chi connectivity index (χ0n) is 29.3. The quantitative estimate of drug-likeness (QED) is 0.0315. The van der Waals surface area contributed by atoms with E-state index in [1.165, 1.54) is 23.0 Å². The van der Waals surface area contributed by atoms with Gasteiger partial charge in [0.2, 0.25) is 5.88 Å². The molecule has 12 nitrogen and oxygen atoms in total. The Hall–Kier alpha value is -5.82. The Balaban J connectivity index is 1.07. The van der Waals surface area contributed by atoms with Crippen LogP contribution in [0.4, 0.5) is 10.5 Å². The minimum atomic E-state index is -0.955. The first kappa shape index (κ1) is 35.6. The maximum Gasteiger partial charge on any atom is 0.319 e. The number of aromatic nitrogens is 2. The Bertz CT molecular complexity index is 2010. The fraction of sp³-hybridized carbons (Fsp3) is 0.275. The minimum absolute atomic E-state index is 0.0407. The average Bonchev–Trinajstić information content (AvgIpc) is 3.90. The van der Waals surface area contributed by atoms with Crippen molar-refractivity contribution >= 4 is 29.4 Å². The summed E-state index contributed by atoms with van der Waals surface area (Å²) in [5.41, 5.74) is 2.39. The molecule has 0 unspecified atom stereocenters. The van der Waals surface area contributed by atoms with Crippen LogP contribution in [0.15, 0.2) is 115 Å². The number of amides is 2. The van der Waals surface area contributed by atoms with E-state index in [2.05, 4.69) is 22.5 Å². The van der Waals surface area contributed by atoms with Crippen molar-refractivity contribution in [3.05, 3.63) is 142 Å². The minimum Gasteiger partial charge on any atom is -0.497 e. The highest BCUT2D eigenvalue weighted by atomic mass is 32.2. The van der Waals surface area contributed by atoms with E-state index in [4.69, 9.17) is 14.2 Å². The molecular formula is C40H39N5O7S. The average molecular weight is 734 g/mol. The molecule has 0 saturated carbocycles. The second kappa shape index (κ2) is 15.4. The smallest absolute Gasteiger partial charge is 0.319 e. The zero-order chi connectivity index (χ0) is 37.0. The molecule has 4 aromatic carbocycles. The molecule has 3 heterocycles. The summed E-state index contributed by atoms with van der Waals surface area (Å²) in [6.45, 7) is 0. The molecule has 1 aromatic heterocycles. The summed E-state index contributed by atoms with van der Waals surface area (Å²) in [5.74, 6) is 2.05. The van der Waals surface area contributed by atoms with E-state index in [1.54, 1.807) is 32.4 Å². The van der Waals surface area contributed by atoms with E-state index in [9.17, 15) is 19.7 Å². The number of esters is 1. The molecular weight excluding hydrogens is 695 g/mol. The molecule has 0 aliphatic carbocycles. The normalized spacial score (nSPS) is 18.0. The lowest BCUT2D eigenvalue weighted by molar-refractivity contribution is -0.384. The second-order valence-corrected chi connectivity index (χ2v) is 14.2. The fourth-order valence-corrected chi connectivity index (χ4v) is 9.04. The molecule has 2 aliphatic rings. The number of benzene rings is 4. The van der Waals surface area contributed by atoms with Gasteiger partial charge in [-0.05, 0) is 65.9 Å². The lowest BCUT2D eigenvalue weighted by atomic mass is 9.74. The van der Waals surface area contributed by atoms with Crippen LogP contribution in [0.25, 0.3) is 5.69 Å². The van der Waals surface area contributed by atoms with Gasteiger partial charge in [-0.2, -0.15) is 16.9 Å². The van der Waals surface area contributed by atoms with E-state index in [0.29, 0.717) is 12.1 Å². The number of fused-ring (bicyclic) bond motifs is 1. The van der Waals surface area contributed by atoms with E-state index < -0.39 is 16.4 Å². The van der Waals surface area contributed by atoms with Crippen molar-refractivity contribution in [2.24, 2.45) is 0 Å². The summed E-state index contributed by atoms with van der Waals surface area (Å²) in [6, 6.07) is 33.1. The molecule has 1 N–H and O–H groups in total. The maximum atomic E-state index is 14.4. The van der Waals surface area contributed by atoms with Crippen molar-refractivity contribution in [2.75, 3.05) is 20.0 Å². The SMILES string of the molecule is COc1ccc(C(c2ccccc2)(c2ccc(OC)cc2)N2C(=O)N[C@@H]3[C@H](CCCCC(=O)Oc4ccnn4-c4ccc([N+](=O)[O-])cc4)SC[C@@H]32)cc1. The van der Waals surface area contributed by atoms with Gasteiger partial charge in [0.25, 0.3) is 5.69 Å². The molecule has 3 atom stereocenters. The van der Waals surface area contributed by atoms with Crippen LogP contribution in [0, 0.1) is 10.1 Å². The second-order valence-electron chi connectivity index (χ2n) is 12.9. The van der Waals surface area contributed by atoms with Crippen LogP contribution < -0.4 is 19.5 Å².